The van der Waals surface area contributed by atoms with Gasteiger partial charge in [-0.3, -0.25) is 9.38 Å². The summed E-state index contributed by atoms with van der Waals surface area (Å²) in [5, 5.41) is 0.633. The molecule has 0 radical (unpaired) electrons. The molecule has 1 fully saturated rings. The predicted molar refractivity (Wildman–Crippen MR) is 124 cm³/mol. The van der Waals surface area contributed by atoms with Crippen LogP contribution in [0.3, 0.4) is 0 Å². The summed E-state index contributed by atoms with van der Waals surface area (Å²) in [6.45, 7) is 4.41. The van der Waals surface area contributed by atoms with E-state index in [1.807, 2.05) is 30.3 Å². The first kappa shape index (κ1) is 22.5. The molecule has 0 N–H and O–H groups in total. The van der Waals surface area contributed by atoms with Crippen LogP contribution in [0.25, 0.3) is 0 Å². The molecule has 1 saturated heterocycles. The Labute approximate surface area is 193 Å². The Morgan fingerprint density at radius 2 is 1.56 bits per heavy atom. The monoisotopic (exact) mass is 453 g/mol. The molecule has 1 aliphatic heterocycles. The first-order valence-electron chi connectivity index (χ1n) is 10.8. The number of hydrogen-bond acceptors (Lipinski definition) is 3. The van der Waals surface area contributed by atoms with Gasteiger partial charge in [0.15, 0.2) is 0 Å². The van der Waals surface area contributed by atoms with Crippen LogP contribution in [-0.4, -0.2) is 48.1 Å². The molecule has 1 heterocycles. The quantitative estimate of drug-likeness (QED) is 0.476. The average molecular weight is 454 g/mol. The fourth-order valence-corrected chi connectivity index (χ4v) is 4.26. The van der Waals surface area contributed by atoms with E-state index in [4.69, 9.17) is 16.3 Å². The van der Waals surface area contributed by atoms with Crippen LogP contribution in [0.2, 0.25) is 5.02 Å². The van der Waals surface area contributed by atoms with E-state index in [0.717, 1.165) is 30.8 Å². The van der Waals surface area contributed by atoms with Gasteiger partial charge in [-0.1, -0.05) is 54.1 Å². The number of rotatable bonds is 7. The van der Waals surface area contributed by atoms with Crippen molar-refractivity contribution in [2.45, 2.75) is 13.1 Å². The molecule has 6 heteroatoms. The number of hydrogen-bond donors (Lipinski definition) is 0. The van der Waals surface area contributed by atoms with Crippen molar-refractivity contribution < 1.29 is 18.4 Å². The molecule has 4 nitrogen and oxygen atoms in total. The second-order valence-corrected chi connectivity index (χ2v) is 8.71. The highest BCUT2D eigenvalue weighted by atomic mass is 35.5. The van der Waals surface area contributed by atoms with Crippen molar-refractivity contribution in [1.82, 2.24) is 4.90 Å². The third-order valence-corrected chi connectivity index (χ3v) is 6.29. The van der Waals surface area contributed by atoms with Gasteiger partial charge in [0.25, 0.3) is 0 Å². The van der Waals surface area contributed by atoms with Gasteiger partial charge in [0, 0.05) is 30.2 Å². The van der Waals surface area contributed by atoms with Crippen LogP contribution in [0.4, 0.5) is 4.39 Å². The van der Waals surface area contributed by atoms with E-state index < -0.39 is 0 Å². The number of quaternary nitrogens is 1. The van der Waals surface area contributed by atoms with Crippen molar-refractivity contribution in [2.75, 3.05) is 32.8 Å². The summed E-state index contributed by atoms with van der Waals surface area (Å²) in [6.07, 6.45) is 0. The lowest BCUT2D eigenvalue weighted by atomic mass is 10.1. The molecule has 1 aliphatic rings. The Morgan fingerprint density at radius 1 is 0.906 bits per heavy atom. The molecular formula is C26H27ClFN2O2+. The fourth-order valence-electron chi connectivity index (χ4n) is 4.14. The van der Waals surface area contributed by atoms with Crippen LogP contribution < -0.4 is 4.74 Å². The maximum Gasteiger partial charge on any atom is 0.351 e. The second-order valence-electron chi connectivity index (χ2n) is 8.28. The van der Waals surface area contributed by atoms with E-state index in [-0.39, 0.29) is 18.3 Å². The van der Waals surface area contributed by atoms with Gasteiger partial charge in [-0.05, 0) is 42.0 Å². The van der Waals surface area contributed by atoms with Gasteiger partial charge >= 0.3 is 5.91 Å². The van der Waals surface area contributed by atoms with Crippen molar-refractivity contribution >= 4 is 17.5 Å². The largest absolute Gasteiger partial charge is 0.479 e. The lowest BCUT2D eigenvalue weighted by Crippen LogP contribution is -2.62. The minimum absolute atomic E-state index is 0.0203. The van der Waals surface area contributed by atoms with Crippen LogP contribution in [0.5, 0.6) is 5.75 Å². The number of ether oxygens (including phenoxy) is 1. The Kier molecular flexibility index (Phi) is 7.20. The number of halogens is 2. The summed E-state index contributed by atoms with van der Waals surface area (Å²) in [5.41, 5.74) is 2.21. The first-order valence-corrected chi connectivity index (χ1v) is 11.2. The van der Waals surface area contributed by atoms with Crippen LogP contribution in [0, 0.1) is 5.82 Å². The summed E-state index contributed by atoms with van der Waals surface area (Å²) >= 11 is 5.94. The van der Waals surface area contributed by atoms with Crippen LogP contribution in [0.1, 0.15) is 11.1 Å². The predicted octanol–water partition coefficient (Wildman–Crippen LogP) is 4.92. The minimum atomic E-state index is -0.225. The van der Waals surface area contributed by atoms with Gasteiger partial charge < -0.3 is 4.74 Å². The van der Waals surface area contributed by atoms with Gasteiger partial charge in [0.1, 0.15) is 18.1 Å². The smallest absolute Gasteiger partial charge is 0.351 e. The molecule has 3 aromatic carbocycles. The lowest BCUT2D eigenvalue weighted by molar-refractivity contribution is -0.872. The van der Waals surface area contributed by atoms with Crippen molar-refractivity contribution in [3.63, 3.8) is 0 Å². The minimum Gasteiger partial charge on any atom is -0.479 e. The summed E-state index contributed by atoms with van der Waals surface area (Å²) in [5.74, 6) is 0.484. The fraction of sp³-hybridized carbons (Fsp3) is 0.269. The van der Waals surface area contributed by atoms with E-state index in [9.17, 15) is 9.18 Å². The van der Waals surface area contributed by atoms with E-state index in [1.54, 1.807) is 24.3 Å². The number of carbonyl (C=O) groups is 1. The summed E-state index contributed by atoms with van der Waals surface area (Å²) in [7, 11) is 0. The van der Waals surface area contributed by atoms with Crippen molar-refractivity contribution in [3.05, 3.63) is 101 Å². The first-order chi connectivity index (χ1) is 15.5. The maximum absolute atomic E-state index is 13.4. The van der Waals surface area contributed by atoms with Crippen molar-refractivity contribution in [2.24, 2.45) is 0 Å². The van der Waals surface area contributed by atoms with E-state index in [2.05, 4.69) is 17.0 Å². The number of piperazine rings is 1. The molecule has 4 rings (SSSR count). The zero-order chi connectivity index (χ0) is 22.4. The topological polar surface area (TPSA) is 29.5 Å². The maximum atomic E-state index is 13.4. The van der Waals surface area contributed by atoms with Gasteiger partial charge in [-0.15, -0.1) is 0 Å². The zero-order valence-corrected chi connectivity index (χ0v) is 18.7. The van der Waals surface area contributed by atoms with Crippen LogP contribution >= 0.6 is 11.6 Å². The van der Waals surface area contributed by atoms with Crippen LogP contribution in [0.15, 0.2) is 78.9 Å². The van der Waals surface area contributed by atoms with Gasteiger partial charge in [0.05, 0.1) is 13.1 Å². The van der Waals surface area contributed by atoms with E-state index in [0.29, 0.717) is 34.9 Å². The molecular weight excluding hydrogens is 427 g/mol. The SMILES string of the molecule is O=C(COc1ccc(Cl)cc1)[N+]1(Cc2ccccc2)CCN(Cc2ccc(F)cc2)CC1. The Morgan fingerprint density at radius 3 is 2.22 bits per heavy atom. The highest BCUT2D eigenvalue weighted by Crippen LogP contribution is 2.22. The van der Waals surface area contributed by atoms with E-state index in [1.165, 1.54) is 12.1 Å². The molecule has 166 valence electrons. The lowest BCUT2D eigenvalue weighted by Gasteiger charge is -2.42. The Balaban J connectivity index is 1.44. The molecule has 0 saturated carbocycles. The standard InChI is InChI=1S/C26H27ClFN2O2/c27-23-8-12-25(13-9-23)32-20-26(31)30(19-22-4-2-1-3-5-22)16-14-29(15-17-30)18-21-6-10-24(28)11-7-21/h1-13H,14-20H2/q+1. The molecule has 32 heavy (non-hydrogen) atoms. The van der Waals surface area contributed by atoms with Crippen molar-refractivity contribution in [1.29, 1.82) is 0 Å². The molecule has 3 aromatic rings. The average Bonchev–Trinajstić information content (AvgIpc) is 2.82. The number of benzene rings is 3. The second kappa shape index (κ2) is 10.3. The normalized spacial score (nSPS) is 15.9. The molecule has 0 aromatic heterocycles. The molecule has 0 atom stereocenters. The highest BCUT2D eigenvalue weighted by Gasteiger charge is 2.40. The zero-order valence-electron chi connectivity index (χ0n) is 17.9. The highest BCUT2D eigenvalue weighted by molar-refractivity contribution is 6.30. The van der Waals surface area contributed by atoms with Crippen molar-refractivity contribution in [3.8, 4) is 5.75 Å². The summed E-state index contributed by atoms with van der Waals surface area (Å²) < 4.78 is 19.4. The van der Waals surface area contributed by atoms with Crippen LogP contribution in [-0.2, 0) is 17.9 Å². The Hall–Kier alpha value is -2.73. The molecule has 0 unspecified atom stereocenters. The number of nitrogens with zero attached hydrogens (tertiary/aromatic N) is 2. The summed E-state index contributed by atoms with van der Waals surface area (Å²) in [6, 6.07) is 23.8. The number of amides is 1. The van der Waals surface area contributed by atoms with Gasteiger partial charge in [-0.25, -0.2) is 9.18 Å². The Bertz CT molecular complexity index is 1020. The molecule has 0 spiro atoms. The summed E-state index contributed by atoms with van der Waals surface area (Å²) in [4.78, 5) is 15.7. The number of carbonyl (C=O) groups excluding carboxylic acids is 1. The van der Waals surface area contributed by atoms with Gasteiger partial charge in [0.2, 0.25) is 6.61 Å². The van der Waals surface area contributed by atoms with E-state index >= 15 is 0 Å². The molecule has 1 amide bonds. The third kappa shape index (κ3) is 5.74. The molecule has 0 aliphatic carbocycles. The van der Waals surface area contributed by atoms with Gasteiger partial charge in [-0.2, -0.15) is 0 Å². The molecule has 0 bridgehead atoms. The third-order valence-electron chi connectivity index (χ3n) is 6.04.